The van der Waals surface area contributed by atoms with Crippen LogP contribution in [0.25, 0.3) is 0 Å². The first kappa shape index (κ1) is 20.1. The van der Waals surface area contributed by atoms with Crippen molar-refractivity contribution in [2.75, 3.05) is 18.7 Å². The standard InChI is InChI=1S/C22H20ClNO3S/c1-26-20-11-10-15(22(25)24-17-6-5-7-18(13-17)28-2)12-16(20)14-27-21-9-4-3-8-19(21)23/h3-13H,14H2,1-2H3,(H,24,25). The maximum absolute atomic E-state index is 12.7. The molecule has 0 aliphatic heterocycles. The highest BCUT2D eigenvalue weighted by Crippen LogP contribution is 2.27. The molecule has 144 valence electrons. The maximum atomic E-state index is 12.7. The van der Waals surface area contributed by atoms with E-state index < -0.39 is 0 Å². The van der Waals surface area contributed by atoms with Crippen molar-refractivity contribution < 1.29 is 14.3 Å². The molecule has 1 N–H and O–H groups in total. The Kier molecular flexibility index (Phi) is 6.85. The van der Waals surface area contributed by atoms with E-state index >= 15 is 0 Å². The number of para-hydroxylation sites is 1. The number of carbonyl (C=O) groups is 1. The van der Waals surface area contributed by atoms with E-state index in [0.29, 0.717) is 22.1 Å². The molecule has 6 heteroatoms. The average molecular weight is 414 g/mol. The second-order valence-corrected chi connectivity index (χ2v) is 7.22. The molecule has 0 heterocycles. The summed E-state index contributed by atoms with van der Waals surface area (Å²) in [5.41, 5.74) is 2.03. The summed E-state index contributed by atoms with van der Waals surface area (Å²) in [5.74, 6) is 1.03. The van der Waals surface area contributed by atoms with Crippen LogP contribution in [0.1, 0.15) is 15.9 Å². The van der Waals surface area contributed by atoms with Gasteiger partial charge >= 0.3 is 0 Å². The molecule has 0 saturated heterocycles. The largest absolute Gasteiger partial charge is 0.496 e. The number of nitrogens with one attached hydrogen (secondary N) is 1. The third kappa shape index (κ3) is 5.00. The minimum Gasteiger partial charge on any atom is -0.496 e. The second kappa shape index (κ2) is 9.53. The van der Waals surface area contributed by atoms with Gasteiger partial charge in [0, 0.05) is 21.7 Å². The third-order valence-electron chi connectivity index (χ3n) is 4.09. The Labute approximate surface area is 173 Å². The van der Waals surface area contributed by atoms with Crippen LogP contribution in [-0.2, 0) is 6.61 Å². The van der Waals surface area contributed by atoms with Gasteiger partial charge in [0.05, 0.1) is 12.1 Å². The Hall–Kier alpha value is -2.63. The summed E-state index contributed by atoms with van der Waals surface area (Å²) in [4.78, 5) is 13.8. The molecule has 0 aromatic heterocycles. The summed E-state index contributed by atoms with van der Waals surface area (Å²) in [6.45, 7) is 0.232. The molecule has 3 aromatic rings. The zero-order chi connectivity index (χ0) is 19.9. The van der Waals surface area contributed by atoms with Crippen molar-refractivity contribution in [2.45, 2.75) is 11.5 Å². The lowest BCUT2D eigenvalue weighted by Gasteiger charge is -2.13. The van der Waals surface area contributed by atoms with Crippen LogP contribution in [0.5, 0.6) is 11.5 Å². The molecule has 1 amide bonds. The van der Waals surface area contributed by atoms with E-state index in [4.69, 9.17) is 21.1 Å². The number of amides is 1. The number of hydrogen-bond donors (Lipinski definition) is 1. The average Bonchev–Trinajstić information content (AvgIpc) is 2.73. The first-order valence-corrected chi connectivity index (χ1v) is 10.2. The van der Waals surface area contributed by atoms with Gasteiger partial charge in [0.1, 0.15) is 18.1 Å². The Balaban J connectivity index is 1.77. The molecule has 4 nitrogen and oxygen atoms in total. The van der Waals surface area contributed by atoms with Crippen molar-refractivity contribution in [3.8, 4) is 11.5 Å². The lowest BCUT2D eigenvalue weighted by molar-refractivity contribution is 0.102. The minimum atomic E-state index is -0.195. The number of methoxy groups -OCH3 is 1. The Bertz CT molecular complexity index is 978. The predicted octanol–water partition coefficient (Wildman–Crippen LogP) is 5.90. The van der Waals surface area contributed by atoms with E-state index in [-0.39, 0.29) is 12.5 Å². The Morgan fingerprint density at radius 1 is 1.04 bits per heavy atom. The van der Waals surface area contributed by atoms with Gasteiger partial charge in [-0.1, -0.05) is 29.8 Å². The summed E-state index contributed by atoms with van der Waals surface area (Å²) < 4.78 is 11.2. The van der Waals surface area contributed by atoms with Gasteiger partial charge in [-0.15, -0.1) is 11.8 Å². The highest BCUT2D eigenvalue weighted by Gasteiger charge is 2.12. The number of halogens is 1. The number of thioether (sulfide) groups is 1. The second-order valence-electron chi connectivity index (χ2n) is 5.93. The molecule has 28 heavy (non-hydrogen) atoms. The van der Waals surface area contributed by atoms with E-state index in [2.05, 4.69) is 5.32 Å². The Morgan fingerprint density at radius 2 is 1.86 bits per heavy atom. The van der Waals surface area contributed by atoms with Crippen molar-refractivity contribution in [1.82, 2.24) is 0 Å². The fraction of sp³-hybridized carbons (Fsp3) is 0.136. The summed E-state index contributed by atoms with van der Waals surface area (Å²) in [6, 6.07) is 20.2. The molecular weight excluding hydrogens is 394 g/mol. The number of carbonyl (C=O) groups excluding carboxylic acids is 1. The van der Waals surface area contributed by atoms with Gasteiger partial charge in [-0.05, 0) is 54.8 Å². The molecular formula is C22H20ClNO3S. The quantitative estimate of drug-likeness (QED) is 0.490. The number of ether oxygens (including phenoxy) is 2. The molecule has 0 bridgehead atoms. The summed E-state index contributed by atoms with van der Waals surface area (Å²) in [5, 5.41) is 3.46. The van der Waals surface area contributed by atoms with Gasteiger partial charge in [0.15, 0.2) is 0 Å². The number of benzene rings is 3. The SMILES string of the molecule is COc1ccc(C(=O)Nc2cccc(SC)c2)cc1COc1ccccc1Cl. The monoisotopic (exact) mass is 413 g/mol. The first-order chi connectivity index (χ1) is 13.6. The minimum absolute atomic E-state index is 0.195. The van der Waals surface area contributed by atoms with Gasteiger partial charge in [-0.3, -0.25) is 4.79 Å². The third-order valence-corrected chi connectivity index (χ3v) is 5.13. The number of anilines is 1. The van der Waals surface area contributed by atoms with E-state index in [0.717, 1.165) is 16.1 Å². The van der Waals surface area contributed by atoms with Crippen LogP contribution < -0.4 is 14.8 Å². The highest BCUT2D eigenvalue weighted by atomic mass is 35.5. The van der Waals surface area contributed by atoms with Crippen molar-refractivity contribution in [3.05, 3.63) is 82.9 Å². The normalized spacial score (nSPS) is 10.4. The molecule has 0 spiro atoms. The van der Waals surface area contributed by atoms with Crippen molar-refractivity contribution in [1.29, 1.82) is 0 Å². The Morgan fingerprint density at radius 3 is 2.61 bits per heavy atom. The molecule has 3 aromatic carbocycles. The molecule has 0 fully saturated rings. The van der Waals surface area contributed by atoms with Gasteiger partial charge in [0.25, 0.3) is 5.91 Å². The molecule has 0 aliphatic rings. The van der Waals surface area contributed by atoms with Gasteiger partial charge in [-0.25, -0.2) is 0 Å². The molecule has 0 atom stereocenters. The number of rotatable bonds is 7. The van der Waals surface area contributed by atoms with Gasteiger partial charge < -0.3 is 14.8 Å². The van der Waals surface area contributed by atoms with Gasteiger partial charge in [0.2, 0.25) is 0 Å². The van der Waals surface area contributed by atoms with Crippen molar-refractivity contribution in [2.24, 2.45) is 0 Å². The highest BCUT2D eigenvalue weighted by molar-refractivity contribution is 7.98. The van der Waals surface area contributed by atoms with Crippen LogP contribution in [0.2, 0.25) is 5.02 Å². The van der Waals surface area contributed by atoms with Crippen LogP contribution in [0.15, 0.2) is 71.6 Å². The number of hydrogen-bond acceptors (Lipinski definition) is 4. The molecule has 0 radical (unpaired) electrons. The molecule has 3 rings (SSSR count). The van der Waals surface area contributed by atoms with E-state index in [1.165, 1.54) is 0 Å². The summed E-state index contributed by atoms with van der Waals surface area (Å²) in [6.07, 6.45) is 2.00. The fourth-order valence-corrected chi connectivity index (χ4v) is 3.30. The van der Waals surface area contributed by atoms with Crippen LogP contribution in [0.3, 0.4) is 0 Å². The first-order valence-electron chi connectivity index (χ1n) is 8.60. The molecule has 0 unspecified atom stereocenters. The smallest absolute Gasteiger partial charge is 0.255 e. The van der Waals surface area contributed by atoms with Crippen LogP contribution in [-0.4, -0.2) is 19.3 Å². The van der Waals surface area contributed by atoms with Crippen LogP contribution in [0, 0.1) is 0 Å². The fourth-order valence-electron chi connectivity index (χ4n) is 2.65. The summed E-state index contributed by atoms with van der Waals surface area (Å²) in [7, 11) is 1.59. The lowest BCUT2D eigenvalue weighted by Crippen LogP contribution is -2.13. The van der Waals surface area contributed by atoms with Crippen LogP contribution >= 0.6 is 23.4 Å². The van der Waals surface area contributed by atoms with Gasteiger partial charge in [-0.2, -0.15) is 0 Å². The van der Waals surface area contributed by atoms with Crippen molar-refractivity contribution in [3.63, 3.8) is 0 Å². The predicted molar refractivity (Wildman–Crippen MR) is 115 cm³/mol. The topological polar surface area (TPSA) is 47.6 Å². The maximum Gasteiger partial charge on any atom is 0.255 e. The van der Waals surface area contributed by atoms with Crippen molar-refractivity contribution >= 4 is 35.0 Å². The summed E-state index contributed by atoms with van der Waals surface area (Å²) >= 11 is 7.76. The molecule has 0 saturated carbocycles. The van der Waals surface area contributed by atoms with E-state index in [9.17, 15) is 4.79 Å². The van der Waals surface area contributed by atoms with E-state index in [1.54, 1.807) is 49.2 Å². The van der Waals surface area contributed by atoms with Crippen LogP contribution in [0.4, 0.5) is 5.69 Å². The lowest BCUT2D eigenvalue weighted by atomic mass is 10.1. The zero-order valence-corrected chi connectivity index (χ0v) is 17.1. The molecule has 0 aliphatic carbocycles. The zero-order valence-electron chi connectivity index (χ0n) is 15.6. The van der Waals surface area contributed by atoms with E-state index in [1.807, 2.05) is 42.7 Å².